The molecule has 0 bridgehead atoms. The summed E-state index contributed by atoms with van der Waals surface area (Å²) in [5.74, 6) is 0.132. The van der Waals surface area contributed by atoms with Crippen molar-refractivity contribution in [1.29, 1.82) is 0 Å². The molecule has 0 radical (unpaired) electrons. The van der Waals surface area contributed by atoms with Gasteiger partial charge in [-0.1, -0.05) is 78.9 Å². The number of rotatable bonds is 9. The second-order valence-corrected chi connectivity index (χ2v) is 7.87. The highest BCUT2D eigenvalue weighted by Crippen LogP contribution is 2.18. The smallest absolute Gasteiger partial charge is 0.251 e. The number of carbonyl (C=O) groups is 2. The summed E-state index contributed by atoms with van der Waals surface area (Å²) in [6.45, 7) is 0.469. The Balaban J connectivity index is 1.41. The lowest BCUT2D eigenvalue weighted by atomic mass is 10.0. The van der Waals surface area contributed by atoms with E-state index in [4.69, 9.17) is 4.74 Å². The van der Waals surface area contributed by atoms with E-state index in [0.717, 1.165) is 11.1 Å². The van der Waals surface area contributed by atoms with Crippen LogP contribution in [0.1, 0.15) is 21.5 Å². The van der Waals surface area contributed by atoms with Crippen LogP contribution in [-0.4, -0.2) is 17.9 Å². The third-order valence-electron chi connectivity index (χ3n) is 5.31. The molecular formula is C29H26N2O3. The Morgan fingerprint density at radius 3 is 1.85 bits per heavy atom. The molecule has 1 atom stereocenters. The van der Waals surface area contributed by atoms with Gasteiger partial charge in [0.1, 0.15) is 18.4 Å². The maximum Gasteiger partial charge on any atom is 0.251 e. The SMILES string of the molecule is O=C(N[C@@H](Cc1ccccc1)C(=O)Nc1ccc(OCc2ccccc2)cc1)c1ccccc1. The second kappa shape index (κ2) is 11.5. The van der Waals surface area contributed by atoms with Crippen LogP contribution in [-0.2, 0) is 17.8 Å². The van der Waals surface area contributed by atoms with E-state index < -0.39 is 6.04 Å². The van der Waals surface area contributed by atoms with E-state index in [-0.39, 0.29) is 11.8 Å². The largest absolute Gasteiger partial charge is 0.489 e. The van der Waals surface area contributed by atoms with E-state index in [0.29, 0.717) is 30.0 Å². The molecular weight excluding hydrogens is 424 g/mol. The van der Waals surface area contributed by atoms with E-state index in [1.165, 1.54) is 0 Å². The molecule has 0 spiro atoms. The minimum Gasteiger partial charge on any atom is -0.489 e. The number of hydrogen-bond acceptors (Lipinski definition) is 3. The van der Waals surface area contributed by atoms with Crippen molar-refractivity contribution in [2.75, 3.05) is 5.32 Å². The van der Waals surface area contributed by atoms with Crippen LogP contribution in [0.2, 0.25) is 0 Å². The Hall–Kier alpha value is -4.38. The number of hydrogen-bond donors (Lipinski definition) is 2. The maximum absolute atomic E-state index is 13.1. The molecule has 5 heteroatoms. The number of ether oxygens (including phenoxy) is 1. The lowest BCUT2D eigenvalue weighted by molar-refractivity contribution is -0.118. The minimum absolute atomic E-state index is 0.286. The zero-order valence-electron chi connectivity index (χ0n) is 18.7. The van der Waals surface area contributed by atoms with Crippen LogP contribution in [0.5, 0.6) is 5.75 Å². The van der Waals surface area contributed by atoms with Gasteiger partial charge in [-0.25, -0.2) is 0 Å². The molecule has 5 nitrogen and oxygen atoms in total. The maximum atomic E-state index is 13.1. The number of carbonyl (C=O) groups excluding carboxylic acids is 2. The van der Waals surface area contributed by atoms with Crippen molar-refractivity contribution in [1.82, 2.24) is 5.32 Å². The fourth-order valence-electron chi connectivity index (χ4n) is 3.49. The van der Waals surface area contributed by atoms with Crippen molar-refractivity contribution >= 4 is 17.5 Å². The van der Waals surface area contributed by atoms with Gasteiger partial charge in [0.05, 0.1) is 0 Å². The first-order chi connectivity index (χ1) is 16.7. The molecule has 0 aliphatic carbocycles. The topological polar surface area (TPSA) is 67.4 Å². The molecule has 0 heterocycles. The number of benzene rings is 4. The normalized spacial score (nSPS) is 11.3. The van der Waals surface area contributed by atoms with Crippen LogP contribution >= 0.6 is 0 Å². The van der Waals surface area contributed by atoms with Gasteiger partial charge in [-0.05, 0) is 47.5 Å². The van der Waals surface area contributed by atoms with E-state index >= 15 is 0 Å². The first-order valence-corrected chi connectivity index (χ1v) is 11.1. The molecule has 4 aromatic carbocycles. The van der Waals surface area contributed by atoms with Gasteiger partial charge in [0.2, 0.25) is 5.91 Å². The van der Waals surface area contributed by atoms with Gasteiger partial charge in [0.15, 0.2) is 0 Å². The fourth-order valence-corrected chi connectivity index (χ4v) is 3.49. The third kappa shape index (κ3) is 6.56. The summed E-state index contributed by atoms with van der Waals surface area (Å²) in [7, 11) is 0. The summed E-state index contributed by atoms with van der Waals surface area (Å²) < 4.78 is 5.81. The zero-order chi connectivity index (χ0) is 23.6. The van der Waals surface area contributed by atoms with Crippen molar-refractivity contribution < 1.29 is 14.3 Å². The lowest BCUT2D eigenvalue weighted by Crippen LogP contribution is -2.45. The highest BCUT2D eigenvalue weighted by Gasteiger charge is 2.22. The summed E-state index contributed by atoms with van der Waals surface area (Å²) in [5.41, 5.74) is 3.18. The molecule has 0 unspecified atom stereocenters. The molecule has 0 saturated carbocycles. The van der Waals surface area contributed by atoms with Gasteiger partial charge < -0.3 is 15.4 Å². The Labute approximate surface area is 199 Å². The van der Waals surface area contributed by atoms with Crippen LogP contribution in [0.4, 0.5) is 5.69 Å². The van der Waals surface area contributed by atoms with Crippen molar-refractivity contribution in [3.05, 3.63) is 132 Å². The van der Waals surface area contributed by atoms with Crippen LogP contribution in [0.25, 0.3) is 0 Å². The minimum atomic E-state index is -0.732. The average molecular weight is 451 g/mol. The Kier molecular flexibility index (Phi) is 7.70. The Morgan fingerprint density at radius 2 is 1.24 bits per heavy atom. The number of anilines is 1. The van der Waals surface area contributed by atoms with Gasteiger partial charge in [0.25, 0.3) is 5.91 Å². The first-order valence-electron chi connectivity index (χ1n) is 11.1. The highest BCUT2D eigenvalue weighted by atomic mass is 16.5. The fraction of sp³-hybridized carbons (Fsp3) is 0.103. The summed E-state index contributed by atoms with van der Waals surface area (Å²) in [5, 5.41) is 5.79. The van der Waals surface area contributed by atoms with E-state index in [2.05, 4.69) is 10.6 Å². The zero-order valence-corrected chi connectivity index (χ0v) is 18.7. The predicted octanol–water partition coefficient (Wildman–Crippen LogP) is 5.25. The van der Waals surface area contributed by atoms with E-state index in [9.17, 15) is 9.59 Å². The van der Waals surface area contributed by atoms with Crippen molar-refractivity contribution in [3.63, 3.8) is 0 Å². The van der Waals surface area contributed by atoms with Crippen molar-refractivity contribution in [2.45, 2.75) is 19.1 Å². The van der Waals surface area contributed by atoms with Crippen LogP contribution < -0.4 is 15.4 Å². The van der Waals surface area contributed by atoms with Crippen LogP contribution in [0, 0.1) is 0 Å². The van der Waals surface area contributed by atoms with Gasteiger partial charge in [0, 0.05) is 17.7 Å². The quantitative estimate of drug-likeness (QED) is 0.366. The second-order valence-electron chi connectivity index (χ2n) is 7.87. The number of nitrogens with one attached hydrogen (secondary N) is 2. The molecule has 2 N–H and O–H groups in total. The molecule has 4 aromatic rings. The molecule has 2 amide bonds. The summed E-state index contributed by atoms with van der Waals surface area (Å²) in [6.07, 6.45) is 0.378. The summed E-state index contributed by atoms with van der Waals surface area (Å²) in [6, 6.07) is 34.9. The highest BCUT2D eigenvalue weighted by molar-refractivity contribution is 6.01. The van der Waals surface area contributed by atoms with Gasteiger partial charge in [-0.2, -0.15) is 0 Å². The standard InChI is InChI=1S/C29H26N2O3/c32-28(24-14-8-3-9-15-24)31-27(20-22-10-4-1-5-11-22)29(33)30-25-16-18-26(19-17-25)34-21-23-12-6-2-7-13-23/h1-19,27H,20-21H2,(H,30,33)(H,31,32)/t27-/m0/s1. The molecule has 4 rings (SSSR count). The van der Waals surface area contributed by atoms with Crippen LogP contribution in [0.3, 0.4) is 0 Å². The van der Waals surface area contributed by atoms with Gasteiger partial charge >= 0.3 is 0 Å². The predicted molar refractivity (Wildman–Crippen MR) is 134 cm³/mol. The molecule has 0 saturated heterocycles. The van der Waals surface area contributed by atoms with Crippen molar-refractivity contribution in [3.8, 4) is 5.75 Å². The lowest BCUT2D eigenvalue weighted by Gasteiger charge is -2.19. The van der Waals surface area contributed by atoms with E-state index in [1.807, 2.05) is 78.9 Å². The molecule has 0 aliphatic heterocycles. The van der Waals surface area contributed by atoms with Crippen LogP contribution in [0.15, 0.2) is 115 Å². The third-order valence-corrected chi connectivity index (χ3v) is 5.31. The molecule has 0 aliphatic rings. The monoisotopic (exact) mass is 450 g/mol. The Morgan fingerprint density at radius 1 is 0.676 bits per heavy atom. The Bertz CT molecular complexity index is 1190. The molecule has 170 valence electrons. The molecule has 34 heavy (non-hydrogen) atoms. The summed E-state index contributed by atoms with van der Waals surface area (Å²) >= 11 is 0. The summed E-state index contributed by atoms with van der Waals surface area (Å²) in [4.78, 5) is 25.9. The molecule has 0 aromatic heterocycles. The first kappa shape index (κ1) is 22.8. The molecule has 0 fully saturated rings. The van der Waals surface area contributed by atoms with Crippen molar-refractivity contribution in [2.24, 2.45) is 0 Å². The van der Waals surface area contributed by atoms with Gasteiger partial charge in [-0.3, -0.25) is 9.59 Å². The average Bonchev–Trinajstić information content (AvgIpc) is 2.89. The van der Waals surface area contributed by atoms with Gasteiger partial charge in [-0.15, -0.1) is 0 Å². The number of amides is 2. The van der Waals surface area contributed by atoms with E-state index in [1.54, 1.807) is 36.4 Å².